The molecule has 0 aliphatic rings. The van der Waals surface area contributed by atoms with Crippen molar-refractivity contribution < 1.29 is 23.7 Å². The van der Waals surface area contributed by atoms with Gasteiger partial charge in [0.1, 0.15) is 4.83 Å². The lowest BCUT2D eigenvalue weighted by atomic mass is 10.5. The molecule has 5 nitrogen and oxygen atoms in total. The van der Waals surface area contributed by atoms with Crippen LogP contribution < -0.4 is 0 Å². The van der Waals surface area contributed by atoms with Gasteiger partial charge < -0.3 is 18.9 Å². The lowest BCUT2D eigenvalue weighted by molar-refractivity contribution is -0.141. The Bertz CT molecular complexity index is 177. The Morgan fingerprint density at radius 3 is 2.44 bits per heavy atom. The molecule has 0 bridgehead atoms. The van der Waals surface area contributed by atoms with E-state index in [1.165, 1.54) is 7.11 Å². The van der Waals surface area contributed by atoms with Gasteiger partial charge in [-0.05, 0) is 6.42 Å². The number of ether oxygens (including phenoxy) is 4. The van der Waals surface area contributed by atoms with Gasteiger partial charge in [0.05, 0.1) is 26.9 Å². The van der Waals surface area contributed by atoms with Gasteiger partial charge >= 0.3 is 5.97 Å². The second-order valence-corrected chi connectivity index (χ2v) is 4.13. The van der Waals surface area contributed by atoms with E-state index >= 15 is 0 Å². The number of carbonyl (C=O) groups is 1. The molecule has 0 aliphatic carbocycles. The van der Waals surface area contributed by atoms with Crippen LogP contribution in [0, 0.1) is 0 Å². The first-order valence-electron chi connectivity index (χ1n) is 5.08. The van der Waals surface area contributed by atoms with Gasteiger partial charge in [0, 0.05) is 20.3 Å². The maximum atomic E-state index is 11.0. The van der Waals surface area contributed by atoms with Crippen molar-refractivity contribution in [2.24, 2.45) is 0 Å². The fraction of sp³-hybridized carbons (Fsp3) is 0.900. The molecule has 0 saturated carbocycles. The van der Waals surface area contributed by atoms with Crippen molar-refractivity contribution in [1.82, 2.24) is 0 Å². The molecule has 16 heavy (non-hydrogen) atoms. The second-order valence-electron chi connectivity index (χ2n) is 3.02. The fourth-order valence-corrected chi connectivity index (χ4v) is 1.28. The van der Waals surface area contributed by atoms with Gasteiger partial charge in [0.25, 0.3) is 0 Å². The summed E-state index contributed by atoms with van der Waals surface area (Å²) in [6.45, 7) is 2.63. The van der Waals surface area contributed by atoms with Crippen molar-refractivity contribution >= 4 is 21.9 Å². The molecular formula is C10H19BrO5. The highest BCUT2D eigenvalue weighted by Crippen LogP contribution is 2.02. The zero-order valence-corrected chi connectivity index (χ0v) is 11.3. The van der Waals surface area contributed by atoms with Gasteiger partial charge in [-0.25, -0.2) is 0 Å². The minimum atomic E-state index is -0.411. The summed E-state index contributed by atoms with van der Waals surface area (Å²) >= 11 is 3.15. The number of carbonyl (C=O) groups excluding carboxylic acids is 1. The minimum Gasteiger partial charge on any atom is -0.468 e. The minimum absolute atomic E-state index is 0.286. The van der Waals surface area contributed by atoms with Crippen LogP contribution in [0.2, 0.25) is 0 Å². The van der Waals surface area contributed by atoms with E-state index in [1.807, 2.05) is 0 Å². The average molecular weight is 299 g/mol. The maximum Gasteiger partial charge on any atom is 0.321 e. The van der Waals surface area contributed by atoms with Crippen molar-refractivity contribution in [3.05, 3.63) is 0 Å². The molecule has 1 unspecified atom stereocenters. The number of hydrogen-bond acceptors (Lipinski definition) is 5. The van der Waals surface area contributed by atoms with Gasteiger partial charge in [-0.3, -0.25) is 4.79 Å². The molecule has 1 atom stereocenters. The van der Waals surface area contributed by atoms with Crippen molar-refractivity contribution in [3.8, 4) is 0 Å². The molecule has 0 amide bonds. The smallest absolute Gasteiger partial charge is 0.321 e. The average Bonchev–Trinajstić information content (AvgIpc) is 2.31. The van der Waals surface area contributed by atoms with Crippen molar-refractivity contribution in [2.45, 2.75) is 11.2 Å². The summed E-state index contributed by atoms with van der Waals surface area (Å²) < 4.78 is 19.9. The Morgan fingerprint density at radius 2 is 1.81 bits per heavy atom. The molecule has 0 radical (unpaired) electrons. The van der Waals surface area contributed by atoms with Crippen molar-refractivity contribution in [2.75, 3.05) is 47.3 Å². The highest BCUT2D eigenvalue weighted by molar-refractivity contribution is 9.10. The zero-order chi connectivity index (χ0) is 12.2. The topological polar surface area (TPSA) is 54.0 Å². The van der Waals surface area contributed by atoms with Crippen LogP contribution in [-0.4, -0.2) is 58.1 Å². The van der Waals surface area contributed by atoms with Crippen LogP contribution in [0.15, 0.2) is 0 Å². The summed E-state index contributed by atoms with van der Waals surface area (Å²) in [5.41, 5.74) is 0. The molecule has 0 spiro atoms. The Labute approximate surface area is 105 Å². The molecule has 0 saturated heterocycles. The molecular weight excluding hydrogens is 280 g/mol. The predicted molar refractivity (Wildman–Crippen MR) is 62.9 cm³/mol. The molecule has 0 fully saturated rings. The lowest BCUT2D eigenvalue weighted by Gasteiger charge is -2.08. The normalized spacial score (nSPS) is 12.4. The first-order chi connectivity index (χ1) is 7.72. The zero-order valence-electron chi connectivity index (χ0n) is 9.74. The molecule has 0 aromatic rings. The SMILES string of the molecule is COCCCOCCOCC(Br)C(=O)OC. The van der Waals surface area contributed by atoms with E-state index < -0.39 is 4.83 Å². The number of hydrogen-bond donors (Lipinski definition) is 0. The summed E-state index contributed by atoms with van der Waals surface area (Å²) in [7, 11) is 3.00. The second kappa shape index (κ2) is 11.3. The number of methoxy groups -OCH3 is 2. The van der Waals surface area contributed by atoms with Crippen LogP contribution in [0.1, 0.15) is 6.42 Å². The van der Waals surface area contributed by atoms with E-state index in [2.05, 4.69) is 20.7 Å². The summed E-state index contributed by atoms with van der Waals surface area (Å²) in [5.74, 6) is -0.332. The third kappa shape index (κ3) is 9.08. The van der Waals surface area contributed by atoms with E-state index in [9.17, 15) is 4.79 Å². The Hall–Kier alpha value is -0.170. The van der Waals surface area contributed by atoms with Crippen LogP contribution in [0.3, 0.4) is 0 Å². The number of esters is 1. The van der Waals surface area contributed by atoms with E-state index in [4.69, 9.17) is 14.2 Å². The van der Waals surface area contributed by atoms with E-state index in [-0.39, 0.29) is 12.6 Å². The van der Waals surface area contributed by atoms with Crippen LogP contribution in [0.4, 0.5) is 0 Å². The van der Waals surface area contributed by atoms with Crippen molar-refractivity contribution in [1.29, 1.82) is 0 Å². The molecule has 0 N–H and O–H groups in total. The number of alkyl halides is 1. The van der Waals surface area contributed by atoms with E-state index in [0.717, 1.165) is 6.42 Å². The first kappa shape index (κ1) is 15.8. The van der Waals surface area contributed by atoms with E-state index in [0.29, 0.717) is 26.4 Å². The lowest BCUT2D eigenvalue weighted by Crippen LogP contribution is -2.22. The van der Waals surface area contributed by atoms with Crippen LogP contribution in [0.25, 0.3) is 0 Å². The maximum absolute atomic E-state index is 11.0. The Kier molecular flexibility index (Phi) is 11.2. The monoisotopic (exact) mass is 298 g/mol. The third-order valence-electron chi connectivity index (χ3n) is 1.73. The summed E-state index contributed by atoms with van der Waals surface area (Å²) in [6, 6.07) is 0. The first-order valence-corrected chi connectivity index (χ1v) is 6.00. The summed E-state index contributed by atoms with van der Waals surface area (Å²) in [5, 5.41) is 0. The summed E-state index contributed by atoms with van der Waals surface area (Å²) in [6.07, 6.45) is 0.875. The van der Waals surface area contributed by atoms with Gasteiger partial charge in [-0.2, -0.15) is 0 Å². The van der Waals surface area contributed by atoms with Gasteiger partial charge in [-0.15, -0.1) is 0 Å². The highest BCUT2D eigenvalue weighted by atomic mass is 79.9. The molecule has 0 rings (SSSR count). The van der Waals surface area contributed by atoms with Gasteiger partial charge in [0.15, 0.2) is 0 Å². The quantitative estimate of drug-likeness (QED) is 0.342. The number of rotatable bonds is 10. The van der Waals surface area contributed by atoms with Crippen LogP contribution >= 0.6 is 15.9 Å². The highest BCUT2D eigenvalue weighted by Gasteiger charge is 2.14. The summed E-state index contributed by atoms with van der Waals surface area (Å²) in [4.78, 5) is 10.5. The van der Waals surface area contributed by atoms with Crippen molar-refractivity contribution in [3.63, 3.8) is 0 Å². The standard InChI is InChI=1S/C10H19BrO5/c1-13-4-3-5-15-6-7-16-8-9(11)10(12)14-2/h9H,3-8H2,1-2H3. The molecule has 6 heteroatoms. The fourth-order valence-electron chi connectivity index (χ4n) is 0.908. The van der Waals surface area contributed by atoms with Crippen LogP contribution in [-0.2, 0) is 23.7 Å². The Morgan fingerprint density at radius 1 is 1.12 bits per heavy atom. The van der Waals surface area contributed by atoms with E-state index in [1.54, 1.807) is 7.11 Å². The van der Waals surface area contributed by atoms with Gasteiger partial charge in [-0.1, -0.05) is 15.9 Å². The molecule has 96 valence electrons. The Balaban J connectivity index is 3.17. The third-order valence-corrected chi connectivity index (χ3v) is 2.37. The molecule has 0 aliphatic heterocycles. The number of halogens is 1. The molecule has 0 heterocycles. The molecule has 0 aromatic carbocycles. The largest absolute Gasteiger partial charge is 0.468 e. The molecule has 0 aromatic heterocycles. The van der Waals surface area contributed by atoms with Crippen LogP contribution in [0.5, 0.6) is 0 Å². The van der Waals surface area contributed by atoms with Gasteiger partial charge in [0.2, 0.25) is 0 Å². The predicted octanol–water partition coefficient (Wildman–Crippen LogP) is 0.993.